The van der Waals surface area contributed by atoms with Crippen LogP contribution in [0.2, 0.25) is 5.02 Å². The van der Waals surface area contributed by atoms with E-state index in [0.717, 1.165) is 37.4 Å². The first kappa shape index (κ1) is 18.9. The first-order valence-corrected chi connectivity index (χ1v) is 9.47. The number of benzene rings is 1. The Bertz CT molecular complexity index is 645. The molecule has 1 saturated heterocycles. The number of hydrogen-bond acceptors (Lipinski definition) is 3. The van der Waals surface area contributed by atoms with Crippen LogP contribution in [0.4, 0.5) is 4.39 Å². The van der Waals surface area contributed by atoms with Gasteiger partial charge in [0.2, 0.25) is 10.0 Å². The molecule has 0 spiro atoms. The summed E-state index contributed by atoms with van der Waals surface area (Å²) in [7, 11) is -3.72. The Kier molecular flexibility index (Phi) is 6.30. The Balaban J connectivity index is 0.00000192. The molecule has 2 fully saturated rings. The highest BCUT2D eigenvalue weighted by atomic mass is 35.5. The molecule has 1 aromatic rings. The summed E-state index contributed by atoms with van der Waals surface area (Å²) in [5, 5.41) is 3.57. The largest absolute Gasteiger partial charge is 0.314 e. The number of hydrogen-bond donors (Lipinski definition) is 1. The van der Waals surface area contributed by atoms with E-state index < -0.39 is 15.8 Å². The smallest absolute Gasteiger partial charge is 0.244 e. The molecule has 23 heavy (non-hydrogen) atoms. The zero-order valence-corrected chi connectivity index (χ0v) is 15.1. The molecule has 0 bridgehead atoms. The molecule has 130 valence electrons. The lowest BCUT2D eigenvalue weighted by Gasteiger charge is -2.32. The summed E-state index contributed by atoms with van der Waals surface area (Å²) in [4.78, 5) is -0.140. The fourth-order valence-electron chi connectivity index (χ4n) is 2.77. The summed E-state index contributed by atoms with van der Waals surface area (Å²) in [5.41, 5.74) is 0. The summed E-state index contributed by atoms with van der Waals surface area (Å²) in [6.45, 7) is 1.92. The average Bonchev–Trinajstić information content (AvgIpc) is 3.32. The van der Waals surface area contributed by atoms with Gasteiger partial charge in [-0.25, -0.2) is 12.8 Å². The molecule has 0 atom stereocenters. The number of rotatable bonds is 5. The standard InChI is InChI=1S/C15H20ClFN2O2S.ClH/c16-14-4-3-12(17)9-15(14)22(20,21)19-7-5-13(6-8-19)18-10-11-1-2-11;/h3-4,9,11,13,18H,1-2,5-8,10H2;1H. The topological polar surface area (TPSA) is 49.4 Å². The SMILES string of the molecule is Cl.O=S(=O)(c1cc(F)ccc1Cl)N1CCC(NCC2CC2)CC1. The Hall–Kier alpha value is -0.400. The van der Waals surface area contributed by atoms with Gasteiger partial charge in [0, 0.05) is 19.1 Å². The molecule has 8 heteroatoms. The van der Waals surface area contributed by atoms with E-state index in [-0.39, 0.29) is 22.3 Å². The van der Waals surface area contributed by atoms with Gasteiger partial charge in [-0.15, -0.1) is 12.4 Å². The second kappa shape index (κ2) is 7.66. The molecule has 1 aromatic carbocycles. The van der Waals surface area contributed by atoms with Crippen LogP contribution in [0.1, 0.15) is 25.7 Å². The third-order valence-corrected chi connectivity index (χ3v) is 6.74. The molecule has 1 aliphatic heterocycles. The Labute approximate surface area is 147 Å². The van der Waals surface area contributed by atoms with Crippen molar-refractivity contribution in [3.8, 4) is 0 Å². The van der Waals surface area contributed by atoms with Crippen LogP contribution in [0.15, 0.2) is 23.1 Å². The summed E-state index contributed by atoms with van der Waals surface area (Å²) < 4.78 is 39.9. The molecule has 0 aromatic heterocycles. The summed E-state index contributed by atoms with van der Waals surface area (Å²) in [6.07, 6.45) is 4.16. The molecule has 0 unspecified atom stereocenters. The molecule has 3 rings (SSSR count). The van der Waals surface area contributed by atoms with E-state index in [0.29, 0.717) is 19.1 Å². The summed E-state index contributed by atoms with van der Waals surface area (Å²) in [5.74, 6) is 0.219. The van der Waals surface area contributed by atoms with Crippen LogP contribution in [-0.4, -0.2) is 38.4 Å². The molecule has 1 saturated carbocycles. The highest BCUT2D eigenvalue weighted by molar-refractivity contribution is 7.89. The Morgan fingerprint density at radius 2 is 1.87 bits per heavy atom. The second-order valence-electron chi connectivity index (χ2n) is 6.10. The maximum atomic E-state index is 13.3. The predicted molar refractivity (Wildman–Crippen MR) is 91.2 cm³/mol. The van der Waals surface area contributed by atoms with Crippen LogP contribution in [0.25, 0.3) is 0 Å². The molecule has 0 radical (unpaired) electrons. The summed E-state index contributed by atoms with van der Waals surface area (Å²) in [6, 6.07) is 3.81. The van der Waals surface area contributed by atoms with Gasteiger partial charge in [-0.1, -0.05) is 11.6 Å². The van der Waals surface area contributed by atoms with Gasteiger partial charge in [-0.3, -0.25) is 0 Å². The zero-order valence-electron chi connectivity index (χ0n) is 12.7. The van der Waals surface area contributed by atoms with Crippen molar-refractivity contribution in [1.29, 1.82) is 0 Å². The Morgan fingerprint density at radius 3 is 2.48 bits per heavy atom. The molecule has 1 N–H and O–H groups in total. The molecule has 1 heterocycles. The predicted octanol–water partition coefficient (Wildman–Crippen LogP) is 3.05. The van der Waals surface area contributed by atoms with E-state index >= 15 is 0 Å². The lowest BCUT2D eigenvalue weighted by Crippen LogP contribution is -2.45. The van der Waals surface area contributed by atoms with Gasteiger partial charge in [0.15, 0.2) is 0 Å². The molecule has 1 aliphatic carbocycles. The van der Waals surface area contributed by atoms with Crippen molar-refractivity contribution >= 4 is 34.0 Å². The lowest BCUT2D eigenvalue weighted by molar-refractivity contribution is 0.288. The van der Waals surface area contributed by atoms with Crippen LogP contribution in [-0.2, 0) is 10.0 Å². The molecule has 4 nitrogen and oxygen atoms in total. The minimum Gasteiger partial charge on any atom is -0.314 e. The van der Waals surface area contributed by atoms with E-state index in [9.17, 15) is 12.8 Å². The van der Waals surface area contributed by atoms with Crippen molar-refractivity contribution in [3.05, 3.63) is 29.0 Å². The third-order valence-electron chi connectivity index (χ3n) is 4.36. The number of nitrogens with zero attached hydrogens (tertiary/aromatic N) is 1. The van der Waals surface area contributed by atoms with Crippen molar-refractivity contribution in [2.24, 2.45) is 5.92 Å². The van der Waals surface area contributed by atoms with Crippen LogP contribution in [0.5, 0.6) is 0 Å². The molecular formula is C15H21Cl2FN2O2S. The minimum atomic E-state index is -3.72. The minimum absolute atomic E-state index is 0. The highest BCUT2D eigenvalue weighted by Crippen LogP contribution is 2.29. The maximum absolute atomic E-state index is 13.3. The lowest BCUT2D eigenvalue weighted by atomic mass is 10.1. The van der Waals surface area contributed by atoms with Crippen molar-refractivity contribution in [1.82, 2.24) is 9.62 Å². The van der Waals surface area contributed by atoms with Gasteiger partial charge in [0.05, 0.1) is 5.02 Å². The van der Waals surface area contributed by atoms with Crippen molar-refractivity contribution in [2.45, 2.75) is 36.6 Å². The van der Waals surface area contributed by atoms with E-state index in [4.69, 9.17) is 11.6 Å². The number of nitrogens with one attached hydrogen (secondary N) is 1. The Morgan fingerprint density at radius 1 is 1.22 bits per heavy atom. The van der Waals surface area contributed by atoms with Crippen molar-refractivity contribution in [2.75, 3.05) is 19.6 Å². The van der Waals surface area contributed by atoms with Gasteiger partial charge < -0.3 is 5.32 Å². The van der Waals surface area contributed by atoms with Gasteiger partial charge in [0.25, 0.3) is 0 Å². The molecular weight excluding hydrogens is 362 g/mol. The highest BCUT2D eigenvalue weighted by Gasteiger charge is 2.31. The average molecular weight is 383 g/mol. The quantitative estimate of drug-likeness (QED) is 0.850. The fourth-order valence-corrected chi connectivity index (χ4v) is 4.73. The van der Waals surface area contributed by atoms with Gasteiger partial charge in [0.1, 0.15) is 10.7 Å². The monoisotopic (exact) mass is 382 g/mol. The van der Waals surface area contributed by atoms with Gasteiger partial charge >= 0.3 is 0 Å². The van der Waals surface area contributed by atoms with Crippen LogP contribution >= 0.6 is 24.0 Å². The number of piperidine rings is 1. The number of sulfonamides is 1. The van der Waals surface area contributed by atoms with Gasteiger partial charge in [-0.05, 0) is 56.3 Å². The van der Waals surface area contributed by atoms with E-state index in [1.165, 1.54) is 23.2 Å². The van der Waals surface area contributed by atoms with Gasteiger partial charge in [-0.2, -0.15) is 4.31 Å². The fraction of sp³-hybridized carbons (Fsp3) is 0.600. The molecule has 2 aliphatic rings. The first-order valence-electron chi connectivity index (χ1n) is 7.65. The third kappa shape index (κ3) is 4.57. The summed E-state index contributed by atoms with van der Waals surface area (Å²) >= 11 is 5.94. The maximum Gasteiger partial charge on any atom is 0.244 e. The second-order valence-corrected chi connectivity index (χ2v) is 8.42. The number of halogens is 3. The zero-order chi connectivity index (χ0) is 15.7. The van der Waals surface area contributed by atoms with E-state index in [1.54, 1.807) is 0 Å². The first-order chi connectivity index (χ1) is 10.5. The van der Waals surface area contributed by atoms with E-state index in [2.05, 4.69) is 5.32 Å². The normalized spacial score (nSPS) is 20.3. The van der Waals surface area contributed by atoms with Crippen molar-refractivity contribution in [3.63, 3.8) is 0 Å². The molecule has 0 amide bonds. The van der Waals surface area contributed by atoms with Crippen LogP contribution in [0.3, 0.4) is 0 Å². The van der Waals surface area contributed by atoms with Crippen LogP contribution < -0.4 is 5.32 Å². The van der Waals surface area contributed by atoms with E-state index in [1.807, 2.05) is 0 Å². The van der Waals surface area contributed by atoms with Crippen LogP contribution in [0, 0.1) is 11.7 Å². The van der Waals surface area contributed by atoms with Crippen molar-refractivity contribution < 1.29 is 12.8 Å².